The van der Waals surface area contributed by atoms with Gasteiger partial charge in [-0.3, -0.25) is 9.59 Å². The molecule has 1 aromatic carbocycles. The maximum Gasteiger partial charge on any atom is 0.417 e. The van der Waals surface area contributed by atoms with Crippen LogP contribution in [0.3, 0.4) is 0 Å². The van der Waals surface area contributed by atoms with Gasteiger partial charge in [-0.05, 0) is 31.4 Å². The Morgan fingerprint density at radius 1 is 1.24 bits per heavy atom. The first-order valence-electron chi connectivity index (χ1n) is 8.07. The lowest BCUT2D eigenvalue weighted by Crippen LogP contribution is -2.41. The number of carbonyl (C=O) groups excluding carboxylic acids is 2. The van der Waals surface area contributed by atoms with Crippen LogP contribution >= 0.6 is 0 Å². The molecule has 0 saturated carbocycles. The predicted octanol–water partition coefficient (Wildman–Crippen LogP) is 3.65. The summed E-state index contributed by atoms with van der Waals surface area (Å²) in [6, 6.07) is 2.44. The lowest BCUT2D eigenvalue weighted by Gasteiger charge is -2.31. The molecule has 0 aliphatic carbocycles. The third-order valence-corrected chi connectivity index (χ3v) is 4.10. The summed E-state index contributed by atoms with van der Waals surface area (Å²) >= 11 is 0. The van der Waals surface area contributed by atoms with E-state index in [9.17, 15) is 27.2 Å². The molecule has 0 bridgehead atoms. The quantitative estimate of drug-likeness (QED) is 0.608. The summed E-state index contributed by atoms with van der Waals surface area (Å²) in [4.78, 5) is 25.4. The molecule has 0 spiro atoms. The highest BCUT2D eigenvalue weighted by Gasteiger charge is 2.39. The molecule has 0 aromatic heterocycles. The van der Waals surface area contributed by atoms with Gasteiger partial charge < -0.3 is 9.64 Å². The number of likely N-dealkylation sites (tertiary alicyclic amines) is 1. The van der Waals surface area contributed by atoms with Crippen LogP contribution in [0.4, 0.5) is 17.6 Å². The Bertz CT molecular complexity index is 637. The molecule has 1 saturated heterocycles. The number of benzene rings is 1. The van der Waals surface area contributed by atoms with Crippen LogP contribution in [0.1, 0.15) is 42.1 Å². The van der Waals surface area contributed by atoms with Gasteiger partial charge in [0, 0.05) is 13.1 Å². The van der Waals surface area contributed by atoms with Crippen molar-refractivity contribution >= 4 is 11.9 Å². The number of carbonyl (C=O) groups is 2. The lowest BCUT2D eigenvalue weighted by molar-refractivity contribution is -0.150. The number of rotatable bonds is 4. The molecule has 8 heteroatoms. The number of alkyl halides is 3. The summed E-state index contributed by atoms with van der Waals surface area (Å²) in [6.07, 6.45) is -3.57. The fraction of sp³-hybridized carbons (Fsp3) is 0.529. The highest BCUT2D eigenvalue weighted by molar-refractivity contribution is 5.96. The minimum Gasteiger partial charge on any atom is -0.465 e. The molecule has 0 radical (unpaired) electrons. The molecule has 1 aliphatic heterocycles. The molecule has 1 amide bonds. The summed E-state index contributed by atoms with van der Waals surface area (Å²) in [5.41, 5.74) is -2.26. The minimum atomic E-state index is -4.82. The summed E-state index contributed by atoms with van der Waals surface area (Å²) < 4.78 is 58.1. The number of hydrogen-bond acceptors (Lipinski definition) is 3. The Labute approximate surface area is 142 Å². The van der Waals surface area contributed by atoms with Crippen molar-refractivity contribution in [3.8, 4) is 0 Å². The number of esters is 1. The molecule has 4 nitrogen and oxygen atoms in total. The summed E-state index contributed by atoms with van der Waals surface area (Å²) in [6.45, 7) is 2.33. The van der Waals surface area contributed by atoms with E-state index in [0.717, 1.165) is 17.0 Å². The largest absolute Gasteiger partial charge is 0.465 e. The van der Waals surface area contributed by atoms with Crippen LogP contribution in [-0.2, 0) is 15.7 Å². The molecule has 25 heavy (non-hydrogen) atoms. The van der Waals surface area contributed by atoms with E-state index in [1.54, 1.807) is 0 Å². The van der Waals surface area contributed by atoms with E-state index in [-0.39, 0.29) is 31.9 Å². The van der Waals surface area contributed by atoms with Crippen LogP contribution in [0.5, 0.6) is 0 Å². The monoisotopic (exact) mass is 361 g/mol. The van der Waals surface area contributed by atoms with Crippen LogP contribution in [0.15, 0.2) is 18.2 Å². The van der Waals surface area contributed by atoms with Gasteiger partial charge in [0.05, 0.1) is 23.7 Å². The van der Waals surface area contributed by atoms with E-state index in [0.29, 0.717) is 19.1 Å². The average Bonchev–Trinajstić information content (AvgIpc) is 2.58. The topological polar surface area (TPSA) is 46.6 Å². The summed E-state index contributed by atoms with van der Waals surface area (Å²) in [5.74, 6) is -2.97. The molecule has 1 fully saturated rings. The number of piperidine rings is 1. The van der Waals surface area contributed by atoms with Crippen molar-refractivity contribution in [3.63, 3.8) is 0 Å². The van der Waals surface area contributed by atoms with Crippen molar-refractivity contribution in [2.45, 2.75) is 32.4 Å². The van der Waals surface area contributed by atoms with Gasteiger partial charge in [0.2, 0.25) is 0 Å². The van der Waals surface area contributed by atoms with E-state index in [1.165, 1.54) is 0 Å². The third kappa shape index (κ3) is 4.49. The maximum absolute atomic E-state index is 13.9. The van der Waals surface area contributed by atoms with Crippen LogP contribution in [0, 0.1) is 11.7 Å². The lowest BCUT2D eigenvalue weighted by atomic mass is 9.95. The Morgan fingerprint density at radius 2 is 1.88 bits per heavy atom. The van der Waals surface area contributed by atoms with Crippen LogP contribution < -0.4 is 0 Å². The highest BCUT2D eigenvalue weighted by atomic mass is 19.4. The average molecular weight is 361 g/mol. The SMILES string of the molecule is CCCOC(=O)C1CCN(C(=O)c2c(F)cccc2C(F)(F)F)CC1. The summed E-state index contributed by atoms with van der Waals surface area (Å²) in [7, 11) is 0. The molecule has 2 rings (SSSR count). The van der Waals surface area contributed by atoms with Gasteiger partial charge in [-0.1, -0.05) is 13.0 Å². The second-order valence-electron chi connectivity index (χ2n) is 5.89. The standard InChI is InChI=1S/C17H19F4NO3/c1-2-10-25-16(24)11-6-8-22(9-7-11)15(23)14-12(17(19,20)21)4-3-5-13(14)18/h3-5,11H,2,6-10H2,1H3. The molecular weight excluding hydrogens is 342 g/mol. The van der Waals surface area contributed by atoms with Crippen LogP contribution in [0.25, 0.3) is 0 Å². The first-order valence-corrected chi connectivity index (χ1v) is 8.07. The molecule has 1 aromatic rings. The molecule has 0 N–H and O–H groups in total. The number of halogens is 4. The third-order valence-electron chi connectivity index (χ3n) is 4.10. The van der Waals surface area contributed by atoms with Crippen molar-refractivity contribution in [2.24, 2.45) is 5.92 Å². The van der Waals surface area contributed by atoms with Crippen LogP contribution in [0.2, 0.25) is 0 Å². The number of hydrogen-bond donors (Lipinski definition) is 0. The van der Waals surface area contributed by atoms with Crippen molar-refractivity contribution in [2.75, 3.05) is 19.7 Å². The number of amides is 1. The fourth-order valence-electron chi connectivity index (χ4n) is 2.77. The normalized spacial score (nSPS) is 16.0. The Kier molecular flexibility index (Phi) is 6.02. The van der Waals surface area contributed by atoms with Gasteiger partial charge in [-0.2, -0.15) is 13.2 Å². The zero-order chi connectivity index (χ0) is 18.6. The molecule has 1 aliphatic rings. The second kappa shape index (κ2) is 7.84. The first kappa shape index (κ1) is 19.2. The number of ether oxygens (including phenoxy) is 1. The van der Waals surface area contributed by atoms with Crippen molar-refractivity contribution in [1.82, 2.24) is 4.90 Å². The maximum atomic E-state index is 13.9. The van der Waals surface area contributed by atoms with E-state index in [2.05, 4.69) is 0 Å². The highest BCUT2D eigenvalue weighted by Crippen LogP contribution is 2.34. The van der Waals surface area contributed by atoms with E-state index in [4.69, 9.17) is 4.74 Å². The van der Waals surface area contributed by atoms with E-state index >= 15 is 0 Å². The molecule has 0 unspecified atom stereocenters. The Hall–Kier alpha value is -2.12. The predicted molar refractivity (Wildman–Crippen MR) is 81.3 cm³/mol. The molecule has 138 valence electrons. The van der Waals surface area contributed by atoms with Gasteiger partial charge in [-0.25, -0.2) is 4.39 Å². The summed E-state index contributed by atoms with van der Waals surface area (Å²) in [5, 5.41) is 0. The Morgan fingerprint density at radius 3 is 2.44 bits per heavy atom. The second-order valence-corrected chi connectivity index (χ2v) is 5.89. The van der Waals surface area contributed by atoms with Crippen molar-refractivity contribution in [3.05, 3.63) is 35.1 Å². The van der Waals surface area contributed by atoms with Gasteiger partial charge in [0.15, 0.2) is 0 Å². The fourth-order valence-corrected chi connectivity index (χ4v) is 2.77. The zero-order valence-corrected chi connectivity index (χ0v) is 13.7. The van der Waals surface area contributed by atoms with Gasteiger partial charge in [0.1, 0.15) is 5.82 Å². The smallest absolute Gasteiger partial charge is 0.417 e. The van der Waals surface area contributed by atoms with Gasteiger partial charge in [-0.15, -0.1) is 0 Å². The molecule has 0 atom stereocenters. The Balaban J connectivity index is 2.10. The molecular formula is C17H19F4NO3. The van der Waals surface area contributed by atoms with E-state index < -0.39 is 34.9 Å². The minimum absolute atomic E-state index is 0.0797. The molecule has 1 heterocycles. The van der Waals surface area contributed by atoms with Crippen molar-refractivity contribution in [1.29, 1.82) is 0 Å². The van der Waals surface area contributed by atoms with Crippen molar-refractivity contribution < 1.29 is 31.9 Å². The van der Waals surface area contributed by atoms with E-state index in [1.807, 2.05) is 6.92 Å². The first-order chi connectivity index (χ1) is 11.8. The van der Waals surface area contributed by atoms with Gasteiger partial charge >= 0.3 is 12.1 Å². The van der Waals surface area contributed by atoms with Crippen LogP contribution in [-0.4, -0.2) is 36.5 Å². The number of nitrogens with zero attached hydrogens (tertiary/aromatic N) is 1. The van der Waals surface area contributed by atoms with Gasteiger partial charge in [0.25, 0.3) is 5.91 Å². The zero-order valence-electron chi connectivity index (χ0n) is 13.7.